The van der Waals surface area contributed by atoms with Gasteiger partial charge in [0.1, 0.15) is 0 Å². The fourth-order valence-electron chi connectivity index (χ4n) is 1.67. The molecule has 1 heterocycles. The Bertz CT molecular complexity index is 584. The van der Waals surface area contributed by atoms with Crippen LogP contribution in [-0.4, -0.2) is 22.9 Å². The zero-order valence-electron chi connectivity index (χ0n) is 11.8. The first-order valence-corrected chi connectivity index (χ1v) is 7.24. The maximum atomic E-state index is 5.98. The number of aryl methyl sites for hydroxylation is 1. The monoisotopic (exact) mass is 339 g/mol. The van der Waals surface area contributed by atoms with E-state index in [4.69, 9.17) is 15.0 Å². The SMILES string of the molecule is Cc1ccc(Br)c(-c2nc(C(N)COC(C)C)no2)c1. The summed E-state index contributed by atoms with van der Waals surface area (Å²) < 4.78 is 11.7. The molecule has 0 fully saturated rings. The highest BCUT2D eigenvalue weighted by Crippen LogP contribution is 2.28. The molecule has 1 unspecified atom stereocenters. The fraction of sp³-hybridized carbons (Fsp3) is 0.429. The Labute approximate surface area is 126 Å². The van der Waals surface area contributed by atoms with E-state index in [-0.39, 0.29) is 6.10 Å². The smallest absolute Gasteiger partial charge is 0.259 e. The maximum Gasteiger partial charge on any atom is 0.259 e. The van der Waals surface area contributed by atoms with Crippen molar-refractivity contribution in [1.82, 2.24) is 10.1 Å². The molecule has 0 aliphatic rings. The van der Waals surface area contributed by atoms with Crippen LogP contribution in [0.3, 0.4) is 0 Å². The third-order valence-electron chi connectivity index (χ3n) is 2.73. The van der Waals surface area contributed by atoms with Crippen molar-refractivity contribution in [3.63, 3.8) is 0 Å². The van der Waals surface area contributed by atoms with Crippen LogP contribution in [-0.2, 0) is 4.74 Å². The highest BCUT2D eigenvalue weighted by Gasteiger charge is 2.17. The van der Waals surface area contributed by atoms with E-state index in [1.54, 1.807) is 0 Å². The first-order valence-electron chi connectivity index (χ1n) is 6.44. The van der Waals surface area contributed by atoms with Crippen LogP contribution in [0.5, 0.6) is 0 Å². The van der Waals surface area contributed by atoms with Crippen LogP contribution in [0.2, 0.25) is 0 Å². The van der Waals surface area contributed by atoms with Gasteiger partial charge in [0.25, 0.3) is 5.89 Å². The van der Waals surface area contributed by atoms with E-state index in [0.29, 0.717) is 18.3 Å². The highest BCUT2D eigenvalue weighted by molar-refractivity contribution is 9.10. The molecule has 2 rings (SSSR count). The molecule has 1 atom stereocenters. The van der Waals surface area contributed by atoms with Crippen LogP contribution in [0.4, 0.5) is 0 Å². The summed E-state index contributed by atoms with van der Waals surface area (Å²) in [6, 6.07) is 5.56. The van der Waals surface area contributed by atoms with Crippen molar-refractivity contribution >= 4 is 15.9 Å². The maximum absolute atomic E-state index is 5.98. The molecule has 0 radical (unpaired) electrons. The summed E-state index contributed by atoms with van der Waals surface area (Å²) >= 11 is 3.48. The second-order valence-electron chi connectivity index (χ2n) is 4.93. The number of hydrogen-bond acceptors (Lipinski definition) is 5. The number of aromatic nitrogens is 2. The predicted molar refractivity (Wildman–Crippen MR) is 80.2 cm³/mol. The lowest BCUT2D eigenvalue weighted by molar-refractivity contribution is 0.0665. The molecule has 2 N–H and O–H groups in total. The first kappa shape index (κ1) is 15.2. The molecule has 1 aromatic heterocycles. The minimum Gasteiger partial charge on any atom is -0.377 e. The van der Waals surface area contributed by atoms with Gasteiger partial charge in [-0.2, -0.15) is 4.98 Å². The molecule has 108 valence electrons. The van der Waals surface area contributed by atoms with E-state index in [0.717, 1.165) is 15.6 Å². The molecule has 0 spiro atoms. The molecule has 0 aliphatic carbocycles. The molecule has 1 aromatic carbocycles. The lowest BCUT2D eigenvalue weighted by Crippen LogP contribution is -2.20. The minimum atomic E-state index is -0.390. The predicted octanol–water partition coefficient (Wildman–Crippen LogP) is 3.23. The quantitative estimate of drug-likeness (QED) is 0.904. The Kier molecular flexibility index (Phi) is 4.91. The van der Waals surface area contributed by atoms with E-state index in [9.17, 15) is 0 Å². The summed E-state index contributed by atoms with van der Waals surface area (Å²) in [5, 5.41) is 3.93. The van der Waals surface area contributed by atoms with Gasteiger partial charge >= 0.3 is 0 Å². The lowest BCUT2D eigenvalue weighted by Gasteiger charge is -2.10. The van der Waals surface area contributed by atoms with Gasteiger partial charge in [0.2, 0.25) is 0 Å². The Morgan fingerprint density at radius 1 is 1.40 bits per heavy atom. The van der Waals surface area contributed by atoms with Crippen molar-refractivity contribution < 1.29 is 9.26 Å². The normalized spacial score (nSPS) is 12.9. The van der Waals surface area contributed by atoms with E-state index in [1.807, 2.05) is 39.0 Å². The van der Waals surface area contributed by atoms with Crippen LogP contribution >= 0.6 is 15.9 Å². The molecule has 0 bridgehead atoms. The second kappa shape index (κ2) is 6.47. The number of nitrogens with two attached hydrogens (primary N) is 1. The van der Waals surface area contributed by atoms with Gasteiger partial charge in [0.15, 0.2) is 5.82 Å². The molecule has 0 aliphatic heterocycles. The summed E-state index contributed by atoms with van der Waals surface area (Å²) in [5.41, 5.74) is 7.96. The molecule has 6 heteroatoms. The van der Waals surface area contributed by atoms with Crippen molar-refractivity contribution in [2.75, 3.05) is 6.61 Å². The largest absolute Gasteiger partial charge is 0.377 e. The van der Waals surface area contributed by atoms with E-state index < -0.39 is 6.04 Å². The summed E-state index contributed by atoms with van der Waals surface area (Å²) in [7, 11) is 0. The van der Waals surface area contributed by atoms with Gasteiger partial charge in [-0.05, 0) is 48.8 Å². The molecule has 0 saturated carbocycles. The van der Waals surface area contributed by atoms with E-state index in [2.05, 4.69) is 26.1 Å². The number of rotatable bonds is 5. The zero-order chi connectivity index (χ0) is 14.7. The van der Waals surface area contributed by atoms with Crippen LogP contribution < -0.4 is 5.73 Å². The summed E-state index contributed by atoms with van der Waals surface area (Å²) in [4.78, 5) is 4.35. The van der Waals surface area contributed by atoms with Crippen molar-refractivity contribution in [2.45, 2.75) is 32.9 Å². The number of hydrogen-bond donors (Lipinski definition) is 1. The Balaban J connectivity index is 2.18. The Hall–Kier alpha value is -1.24. The minimum absolute atomic E-state index is 0.123. The van der Waals surface area contributed by atoms with Crippen LogP contribution in [0.25, 0.3) is 11.5 Å². The fourth-order valence-corrected chi connectivity index (χ4v) is 2.08. The number of nitrogens with zero attached hydrogens (tertiary/aromatic N) is 2. The molecule has 2 aromatic rings. The van der Waals surface area contributed by atoms with Gasteiger partial charge in [-0.15, -0.1) is 0 Å². The van der Waals surface area contributed by atoms with Crippen molar-refractivity contribution in [2.24, 2.45) is 5.73 Å². The van der Waals surface area contributed by atoms with E-state index in [1.165, 1.54) is 0 Å². The first-order chi connectivity index (χ1) is 9.47. The summed E-state index contributed by atoms with van der Waals surface area (Å²) in [5.74, 6) is 0.907. The average Bonchev–Trinajstić information content (AvgIpc) is 2.88. The molecular weight excluding hydrogens is 322 g/mol. The summed E-state index contributed by atoms with van der Waals surface area (Å²) in [6.07, 6.45) is 0.123. The molecule has 0 amide bonds. The van der Waals surface area contributed by atoms with Crippen LogP contribution in [0.1, 0.15) is 31.3 Å². The summed E-state index contributed by atoms with van der Waals surface area (Å²) in [6.45, 7) is 6.29. The number of ether oxygens (including phenoxy) is 1. The number of benzene rings is 1. The van der Waals surface area contributed by atoms with Gasteiger partial charge in [0.05, 0.1) is 24.3 Å². The Morgan fingerprint density at radius 2 is 2.15 bits per heavy atom. The standard InChI is InChI=1S/C14H18BrN3O2/c1-8(2)19-7-12(16)13-17-14(20-18-13)10-6-9(3)4-5-11(10)15/h4-6,8,12H,7,16H2,1-3H3. The van der Waals surface area contributed by atoms with E-state index >= 15 is 0 Å². The second-order valence-corrected chi connectivity index (χ2v) is 5.78. The van der Waals surface area contributed by atoms with Crippen molar-refractivity contribution in [3.8, 4) is 11.5 Å². The van der Waals surface area contributed by atoms with Gasteiger partial charge in [-0.1, -0.05) is 16.8 Å². The molecule has 0 saturated heterocycles. The van der Waals surface area contributed by atoms with Gasteiger partial charge in [0, 0.05) is 4.47 Å². The van der Waals surface area contributed by atoms with Crippen molar-refractivity contribution in [1.29, 1.82) is 0 Å². The lowest BCUT2D eigenvalue weighted by atomic mass is 10.1. The zero-order valence-corrected chi connectivity index (χ0v) is 13.3. The third kappa shape index (κ3) is 3.65. The topological polar surface area (TPSA) is 74.2 Å². The third-order valence-corrected chi connectivity index (χ3v) is 3.43. The van der Waals surface area contributed by atoms with Gasteiger partial charge in [-0.3, -0.25) is 0 Å². The molecule has 20 heavy (non-hydrogen) atoms. The van der Waals surface area contributed by atoms with Gasteiger partial charge in [-0.25, -0.2) is 0 Å². The van der Waals surface area contributed by atoms with Crippen LogP contribution in [0, 0.1) is 6.92 Å². The molecule has 5 nitrogen and oxygen atoms in total. The molecular formula is C14H18BrN3O2. The Morgan fingerprint density at radius 3 is 2.85 bits per heavy atom. The average molecular weight is 340 g/mol. The van der Waals surface area contributed by atoms with Crippen molar-refractivity contribution in [3.05, 3.63) is 34.1 Å². The van der Waals surface area contributed by atoms with Gasteiger partial charge < -0.3 is 15.0 Å². The van der Waals surface area contributed by atoms with Crippen LogP contribution in [0.15, 0.2) is 27.2 Å². The number of halogens is 1. The highest BCUT2D eigenvalue weighted by atomic mass is 79.9.